The predicted octanol–water partition coefficient (Wildman–Crippen LogP) is 2.79. The molecule has 2 aliphatic rings. The smallest absolute Gasteiger partial charge is 0.277 e. The van der Waals surface area contributed by atoms with Gasteiger partial charge in [0, 0.05) is 11.6 Å². The van der Waals surface area contributed by atoms with Crippen LogP contribution in [0.5, 0.6) is 5.75 Å². The Kier molecular flexibility index (Phi) is 3.74. The van der Waals surface area contributed by atoms with Crippen LogP contribution in [0.4, 0.5) is 0 Å². The first-order valence-corrected chi connectivity index (χ1v) is 7.01. The van der Waals surface area contributed by atoms with E-state index in [0.717, 1.165) is 18.6 Å². The molecule has 1 aromatic rings. The van der Waals surface area contributed by atoms with Crippen LogP contribution in [0.3, 0.4) is 0 Å². The number of carbonyl (C=O) groups is 1. The van der Waals surface area contributed by atoms with Gasteiger partial charge < -0.3 is 4.74 Å². The van der Waals surface area contributed by atoms with E-state index in [4.69, 9.17) is 16.3 Å². The summed E-state index contributed by atoms with van der Waals surface area (Å²) in [5, 5.41) is 4.66. The summed E-state index contributed by atoms with van der Waals surface area (Å²) >= 11 is 5.94. The average molecular weight is 291 g/mol. The molecule has 20 heavy (non-hydrogen) atoms. The number of rotatable bonds is 4. The highest BCUT2D eigenvalue weighted by molar-refractivity contribution is 6.32. The van der Waals surface area contributed by atoms with Gasteiger partial charge in [-0.05, 0) is 30.9 Å². The number of nitrogens with one attached hydrogen (secondary N) is 1. The van der Waals surface area contributed by atoms with Crippen LogP contribution < -0.4 is 10.2 Å². The molecule has 1 amide bonds. The second-order valence-electron chi connectivity index (χ2n) is 5.00. The summed E-state index contributed by atoms with van der Waals surface area (Å²) in [6.45, 7) is -0.0904. The van der Waals surface area contributed by atoms with Crippen molar-refractivity contribution in [3.8, 4) is 5.75 Å². The molecule has 0 saturated heterocycles. The van der Waals surface area contributed by atoms with Crippen molar-refractivity contribution in [3.05, 3.63) is 41.4 Å². The van der Waals surface area contributed by atoms with E-state index < -0.39 is 0 Å². The van der Waals surface area contributed by atoms with Gasteiger partial charge in [0.25, 0.3) is 5.91 Å². The molecule has 4 nitrogen and oxygen atoms in total. The number of nitrogens with zero attached hydrogens (tertiary/aromatic N) is 1. The number of hydrogen-bond donors (Lipinski definition) is 1. The SMILES string of the molecule is O=C(COc1ccccc1Cl)N/N=C1/C[C@H]2C=CC[C@H]12. The van der Waals surface area contributed by atoms with Crippen LogP contribution in [-0.4, -0.2) is 18.2 Å². The average Bonchev–Trinajstić information content (AvgIpc) is 2.80. The number of ether oxygens (including phenoxy) is 1. The highest BCUT2D eigenvalue weighted by Crippen LogP contribution is 2.40. The van der Waals surface area contributed by atoms with E-state index in [1.807, 2.05) is 6.07 Å². The topological polar surface area (TPSA) is 50.7 Å². The minimum Gasteiger partial charge on any atom is -0.482 e. The Morgan fingerprint density at radius 3 is 3.10 bits per heavy atom. The van der Waals surface area contributed by atoms with E-state index in [0.29, 0.717) is 22.6 Å². The van der Waals surface area contributed by atoms with Gasteiger partial charge in [-0.3, -0.25) is 4.79 Å². The van der Waals surface area contributed by atoms with Crippen molar-refractivity contribution >= 4 is 23.2 Å². The molecule has 0 spiro atoms. The Balaban J connectivity index is 1.46. The number of para-hydroxylation sites is 1. The number of allylic oxidation sites excluding steroid dienone is 2. The molecule has 104 valence electrons. The van der Waals surface area contributed by atoms with Gasteiger partial charge >= 0.3 is 0 Å². The van der Waals surface area contributed by atoms with Gasteiger partial charge in [0.1, 0.15) is 5.75 Å². The Morgan fingerprint density at radius 1 is 1.45 bits per heavy atom. The largest absolute Gasteiger partial charge is 0.482 e. The van der Waals surface area contributed by atoms with E-state index in [9.17, 15) is 4.79 Å². The van der Waals surface area contributed by atoms with Crippen molar-refractivity contribution in [2.75, 3.05) is 6.61 Å². The monoisotopic (exact) mass is 290 g/mol. The first-order chi connectivity index (χ1) is 9.74. The Hall–Kier alpha value is -1.81. The van der Waals surface area contributed by atoms with Crippen molar-refractivity contribution in [3.63, 3.8) is 0 Å². The first-order valence-electron chi connectivity index (χ1n) is 6.63. The molecule has 0 aromatic heterocycles. The quantitative estimate of drug-likeness (QED) is 0.685. The van der Waals surface area contributed by atoms with Gasteiger partial charge in [-0.2, -0.15) is 5.10 Å². The Bertz CT molecular complexity index is 583. The van der Waals surface area contributed by atoms with Crippen molar-refractivity contribution in [1.82, 2.24) is 5.43 Å². The summed E-state index contributed by atoms with van der Waals surface area (Å²) in [4.78, 5) is 11.7. The molecule has 1 N–H and O–H groups in total. The molecule has 2 atom stereocenters. The summed E-state index contributed by atoms with van der Waals surface area (Å²) in [5.41, 5.74) is 3.62. The molecule has 0 aliphatic heterocycles. The Labute approximate surface area is 122 Å². The zero-order chi connectivity index (χ0) is 13.9. The number of carbonyl (C=O) groups excluding carboxylic acids is 1. The summed E-state index contributed by atoms with van der Waals surface area (Å²) in [5.74, 6) is 1.36. The van der Waals surface area contributed by atoms with Crippen LogP contribution >= 0.6 is 11.6 Å². The van der Waals surface area contributed by atoms with E-state index in [2.05, 4.69) is 22.7 Å². The molecule has 2 aliphatic carbocycles. The number of benzene rings is 1. The fraction of sp³-hybridized carbons (Fsp3) is 0.333. The number of hydrogen-bond acceptors (Lipinski definition) is 3. The van der Waals surface area contributed by atoms with Crippen molar-refractivity contribution in [2.45, 2.75) is 12.8 Å². The van der Waals surface area contributed by atoms with Crippen LogP contribution in [0.25, 0.3) is 0 Å². The zero-order valence-electron chi connectivity index (χ0n) is 10.9. The van der Waals surface area contributed by atoms with E-state index in [1.54, 1.807) is 18.2 Å². The van der Waals surface area contributed by atoms with Gasteiger partial charge in [-0.15, -0.1) is 0 Å². The molecular formula is C15H15ClN2O2. The van der Waals surface area contributed by atoms with Gasteiger partial charge in [-0.1, -0.05) is 35.9 Å². The predicted molar refractivity (Wildman–Crippen MR) is 77.9 cm³/mol. The van der Waals surface area contributed by atoms with Crippen molar-refractivity contribution in [2.24, 2.45) is 16.9 Å². The van der Waals surface area contributed by atoms with Crippen LogP contribution in [-0.2, 0) is 4.79 Å². The van der Waals surface area contributed by atoms with Crippen LogP contribution in [0.15, 0.2) is 41.5 Å². The highest BCUT2D eigenvalue weighted by Gasteiger charge is 2.37. The van der Waals surface area contributed by atoms with Crippen LogP contribution in [0, 0.1) is 11.8 Å². The molecule has 1 aromatic carbocycles. The standard InChI is InChI=1S/C15H15ClN2O2/c16-12-6-1-2-7-14(12)20-9-15(19)18-17-13-8-10-4-3-5-11(10)13/h1-4,6-7,10-11H,5,8-9H2,(H,18,19)/b17-13-/t10-,11+/m1/s1. The minimum absolute atomic E-state index is 0.0904. The lowest BCUT2D eigenvalue weighted by atomic mass is 9.74. The van der Waals surface area contributed by atoms with E-state index in [1.165, 1.54) is 0 Å². The van der Waals surface area contributed by atoms with Gasteiger partial charge in [-0.25, -0.2) is 5.43 Å². The molecule has 1 saturated carbocycles. The highest BCUT2D eigenvalue weighted by atomic mass is 35.5. The maximum atomic E-state index is 11.7. The van der Waals surface area contributed by atoms with Crippen LogP contribution in [0.2, 0.25) is 5.02 Å². The zero-order valence-corrected chi connectivity index (χ0v) is 11.6. The molecule has 0 unspecified atom stereocenters. The van der Waals surface area contributed by atoms with E-state index >= 15 is 0 Å². The fourth-order valence-corrected chi connectivity index (χ4v) is 2.73. The van der Waals surface area contributed by atoms with Gasteiger partial charge in [0.15, 0.2) is 6.61 Å². The third kappa shape index (κ3) is 2.70. The third-order valence-corrected chi connectivity index (χ3v) is 3.99. The second kappa shape index (κ2) is 5.67. The number of hydrazone groups is 1. The number of halogens is 1. The number of fused-ring (bicyclic) bond motifs is 1. The summed E-state index contributed by atoms with van der Waals surface area (Å²) in [6, 6.07) is 7.06. The lowest BCUT2D eigenvalue weighted by molar-refractivity contribution is -0.123. The minimum atomic E-state index is -0.271. The summed E-state index contributed by atoms with van der Waals surface area (Å²) < 4.78 is 5.34. The van der Waals surface area contributed by atoms with Gasteiger partial charge in [0.2, 0.25) is 0 Å². The number of amides is 1. The molecular weight excluding hydrogens is 276 g/mol. The van der Waals surface area contributed by atoms with E-state index in [-0.39, 0.29) is 12.5 Å². The lowest BCUT2D eigenvalue weighted by Gasteiger charge is -2.31. The van der Waals surface area contributed by atoms with Crippen molar-refractivity contribution < 1.29 is 9.53 Å². The van der Waals surface area contributed by atoms with Crippen molar-refractivity contribution in [1.29, 1.82) is 0 Å². The molecule has 1 fully saturated rings. The third-order valence-electron chi connectivity index (χ3n) is 3.68. The lowest BCUT2D eigenvalue weighted by Crippen LogP contribution is -2.36. The molecule has 0 radical (unpaired) electrons. The summed E-state index contributed by atoms with van der Waals surface area (Å²) in [6.07, 6.45) is 6.40. The molecule has 0 bridgehead atoms. The molecule has 0 heterocycles. The maximum Gasteiger partial charge on any atom is 0.277 e. The molecule has 5 heteroatoms. The first kappa shape index (κ1) is 13.2. The molecule has 3 rings (SSSR count). The second-order valence-corrected chi connectivity index (χ2v) is 5.40. The normalized spacial score (nSPS) is 25.1. The Morgan fingerprint density at radius 2 is 2.30 bits per heavy atom. The summed E-state index contributed by atoms with van der Waals surface area (Å²) in [7, 11) is 0. The van der Waals surface area contributed by atoms with Crippen LogP contribution in [0.1, 0.15) is 12.8 Å². The van der Waals surface area contributed by atoms with Gasteiger partial charge in [0.05, 0.1) is 5.02 Å². The maximum absolute atomic E-state index is 11.7. The fourth-order valence-electron chi connectivity index (χ4n) is 2.53.